The molecule has 1 aliphatic rings. The van der Waals surface area contributed by atoms with Gasteiger partial charge in [-0.05, 0) is 59.5 Å². The number of hydrogen-bond acceptors (Lipinski definition) is 6. The first-order valence-electron chi connectivity index (χ1n) is 11.8. The van der Waals surface area contributed by atoms with Gasteiger partial charge in [0.1, 0.15) is 12.2 Å². The molecule has 2 atom stereocenters. The van der Waals surface area contributed by atoms with Crippen LogP contribution in [-0.4, -0.2) is 47.2 Å². The summed E-state index contributed by atoms with van der Waals surface area (Å²) in [6.45, 7) is 0. The first-order valence-corrected chi connectivity index (χ1v) is 12.2. The molecule has 0 spiro atoms. The van der Waals surface area contributed by atoms with Gasteiger partial charge >= 0.3 is 5.97 Å². The van der Waals surface area contributed by atoms with Crippen molar-refractivity contribution in [3.8, 4) is 5.69 Å². The molecule has 11 heteroatoms. The lowest BCUT2D eigenvalue weighted by molar-refractivity contribution is -0.142. The van der Waals surface area contributed by atoms with Crippen molar-refractivity contribution >= 4 is 29.6 Å². The lowest BCUT2D eigenvalue weighted by atomic mass is 9.90. The Morgan fingerprint density at radius 1 is 1.24 bits per heavy atom. The number of aryl methyl sites for hydroxylation is 1. The first-order chi connectivity index (χ1) is 18.0. The van der Waals surface area contributed by atoms with Gasteiger partial charge in [-0.15, -0.1) is 5.10 Å². The normalized spacial score (nSPS) is 15.9. The number of fused-ring (bicyclic) bond motifs is 1. The zero-order valence-electron chi connectivity index (χ0n) is 19.7. The first kappa shape index (κ1) is 24.4. The number of H-pyrrole nitrogens is 1. The van der Waals surface area contributed by atoms with Gasteiger partial charge in [-0.25, -0.2) is 4.98 Å². The van der Waals surface area contributed by atoms with Gasteiger partial charge in [0.25, 0.3) is 0 Å². The highest BCUT2D eigenvalue weighted by atomic mass is 35.5. The lowest BCUT2D eigenvalue weighted by Crippen LogP contribution is -2.29. The molecule has 2 aromatic carbocycles. The van der Waals surface area contributed by atoms with E-state index >= 15 is 0 Å². The van der Waals surface area contributed by atoms with Gasteiger partial charge < -0.3 is 15.4 Å². The van der Waals surface area contributed by atoms with Crippen LogP contribution in [0.4, 0.5) is 0 Å². The minimum Gasteiger partial charge on any atom is -0.481 e. The number of nitrogens with zero attached hydrogens (tertiary/aromatic N) is 5. The Bertz CT molecular complexity index is 1430. The predicted molar refractivity (Wildman–Crippen MR) is 136 cm³/mol. The molecule has 0 aliphatic heterocycles. The third-order valence-corrected chi connectivity index (χ3v) is 6.58. The Morgan fingerprint density at radius 3 is 2.84 bits per heavy atom. The number of aromatic nitrogens is 6. The Morgan fingerprint density at radius 2 is 2.08 bits per heavy atom. The van der Waals surface area contributed by atoms with Gasteiger partial charge in [0.15, 0.2) is 0 Å². The zero-order chi connectivity index (χ0) is 25.8. The summed E-state index contributed by atoms with van der Waals surface area (Å²) in [4.78, 5) is 32.6. The number of carboxylic acids is 1. The van der Waals surface area contributed by atoms with Crippen molar-refractivity contribution in [1.82, 2.24) is 35.5 Å². The van der Waals surface area contributed by atoms with E-state index in [0.29, 0.717) is 47.8 Å². The molecule has 0 fully saturated rings. The van der Waals surface area contributed by atoms with E-state index in [-0.39, 0.29) is 5.91 Å². The average molecular weight is 518 g/mol. The van der Waals surface area contributed by atoms with E-state index in [4.69, 9.17) is 16.6 Å². The largest absolute Gasteiger partial charge is 0.481 e. The number of carboxylic acid groups (broad SMARTS) is 1. The number of carbonyl (C=O) groups is 2. The van der Waals surface area contributed by atoms with Crippen molar-refractivity contribution in [2.75, 3.05) is 0 Å². The molecule has 0 bridgehead atoms. The minimum absolute atomic E-state index is 0.318. The number of amides is 1. The van der Waals surface area contributed by atoms with E-state index < -0.39 is 17.9 Å². The van der Waals surface area contributed by atoms with Gasteiger partial charge in [-0.2, -0.15) is 4.68 Å². The number of nitrogens with one attached hydrogen (secondary N) is 2. The average Bonchev–Trinajstić information content (AvgIpc) is 3.57. The Balaban J connectivity index is 1.38. The summed E-state index contributed by atoms with van der Waals surface area (Å²) >= 11 is 6.18. The predicted octanol–water partition coefficient (Wildman–Crippen LogP) is 3.34. The van der Waals surface area contributed by atoms with E-state index in [2.05, 4.69) is 25.8 Å². The van der Waals surface area contributed by atoms with Crippen LogP contribution in [0.15, 0.2) is 60.9 Å². The summed E-state index contributed by atoms with van der Waals surface area (Å²) in [5, 5.41) is 24.2. The summed E-state index contributed by atoms with van der Waals surface area (Å²) in [5.74, 6) is -0.943. The van der Waals surface area contributed by atoms with E-state index in [1.165, 1.54) is 17.1 Å². The molecule has 0 saturated carbocycles. The molecule has 1 amide bonds. The van der Waals surface area contributed by atoms with Crippen LogP contribution in [0.1, 0.15) is 40.8 Å². The number of aliphatic carboxylic acids is 1. The maximum absolute atomic E-state index is 13.1. The smallest absolute Gasteiger partial charge is 0.306 e. The molecule has 2 aromatic heterocycles. The molecule has 1 aliphatic carbocycles. The molecule has 2 heterocycles. The molecule has 3 N–H and O–H groups in total. The summed E-state index contributed by atoms with van der Waals surface area (Å²) in [7, 11) is 0. The van der Waals surface area contributed by atoms with Crippen molar-refractivity contribution in [2.45, 2.75) is 31.7 Å². The number of carbonyl (C=O) groups excluding carboxylic acids is 1. The number of halogens is 1. The SMILES string of the molecule is O=C(/C=C/c1cc(Cl)ccc1-n1cnnn1)NC(Cc1ccccc1)c1nc2c([nH]1)CC(C(=O)O)CC2. The standard InChI is InChI=1S/C26H24ClN7O3/c27-19-8-10-23(34-15-28-32-33-34)17(13-19)7-11-24(35)29-22(12-16-4-2-1-3-5-16)25-30-20-9-6-18(26(36)37)14-21(20)31-25/h1-5,7-8,10-11,13,15,18,22H,6,9,12,14H2,(H,29,35)(H,30,31)(H,36,37)/b11-7+. The van der Waals surface area contributed by atoms with Crippen LogP contribution in [0, 0.1) is 5.92 Å². The Kier molecular flexibility index (Phi) is 7.09. The van der Waals surface area contributed by atoms with Gasteiger partial charge in [0.2, 0.25) is 5.91 Å². The van der Waals surface area contributed by atoms with E-state index in [1.54, 1.807) is 24.3 Å². The molecule has 5 rings (SSSR count). The number of tetrazole rings is 1. The second-order valence-electron chi connectivity index (χ2n) is 8.87. The highest BCUT2D eigenvalue weighted by Gasteiger charge is 2.28. The fourth-order valence-electron chi connectivity index (χ4n) is 4.47. The summed E-state index contributed by atoms with van der Waals surface area (Å²) in [5.41, 5.74) is 4.06. The quantitative estimate of drug-likeness (QED) is 0.305. The van der Waals surface area contributed by atoms with Crippen LogP contribution in [0.3, 0.4) is 0 Å². The summed E-state index contributed by atoms with van der Waals surface area (Å²) in [6, 6.07) is 14.6. The van der Waals surface area contributed by atoms with Crippen molar-refractivity contribution in [2.24, 2.45) is 5.92 Å². The third-order valence-electron chi connectivity index (χ3n) is 6.34. The van der Waals surface area contributed by atoms with E-state index in [0.717, 1.165) is 17.0 Å². The van der Waals surface area contributed by atoms with Gasteiger partial charge in [0.05, 0.1) is 23.3 Å². The summed E-state index contributed by atoms with van der Waals surface area (Å²) in [6.07, 6.45) is 6.60. The van der Waals surface area contributed by atoms with Crippen LogP contribution < -0.4 is 5.32 Å². The fraction of sp³-hybridized carbons (Fsp3) is 0.231. The fourth-order valence-corrected chi connectivity index (χ4v) is 4.65. The van der Waals surface area contributed by atoms with Crippen molar-refractivity contribution in [1.29, 1.82) is 0 Å². The lowest BCUT2D eigenvalue weighted by Gasteiger charge is -2.17. The van der Waals surface area contributed by atoms with Gasteiger partial charge in [0, 0.05) is 28.8 Å². The van der Waals surface area contributed by atoms with Crippen molar-refractivity contribution in [3.63, 3.8) is 0 Å². The molecule has 10 nitrogen and oxygen atoms in total. The number of aromatic amines is 1. The molecule has 0 radical (unpaired) electrons. The van der Waals surface area contributed by atoms with Gasteiger partial charge in [-0.3, -0.25) is 9.59 Å². The molecule has 188 valence electrons. The number of hydrogen-bond donors (Lipinski definition) is 3. The van der Waals surface area contributed by atoms with Crippen LogP contribution in [0.5, 0.6) is 0 Å². The Hall–Kier alpha value is -4.31. The monoisotopic (exact) mass is 517 g/mol. The van der Waals surface area contributed by atoms with E-state index in [9.17, 15) is 14.7 Å². The number of imidazole rings is 1. The zero-order valence-corrected chi connectivity index (χ0v) is 20.5. The van der Waals surface area contributed by atoms with Crippen molar-refractivity contribution < 1.29 is 14.7 Å². The number of benzene rings is 2. The van der Waals surface area contributed by atoms with Gasteiger partial charge in [-0.1, -0.05) is 41.9 Å². The summed E-state index contributed by atoms with van der Waals surface area (Å²) < 4.78 is 1.49. The van der Waals surface area contributed by atoms with E-state index in [1.807, 2.05) is 30.3 Å². The molecule has 4 aromatic rings. The molecule has 2 unspecified atom stereocenters. The Labute approximate surface area is 217 Å². The maximum atomic E-state index is 13.1. The second kappa shape index (κ2) is 10.8. The van der Waals surface area contributed by atoms with Crippen molar-refractivity contribution in [3.05, 3.63) is 94.3 Å². The van der Waals surface area contributed by atoms with Crippen LogP contribution in [0.2, 0.25) is 5.02 Å². The molecular weight excluding hydrogens is 494 g/mol. The molecule has 0 saturated heterocycles. The highest BCUT2D eigenvalue weighted by molar-refractivity contribution is 6.30. The number of rotatable bonds is 8. The maximum Gasteiger partial charge on any atom is 0.306 e. The topological polar surface area (TPSA) is 139 Å². The van der Waals surface area contributed by atoms with Crippen LogP contribution >= 0.6 is 11.6 Å². The molecular formula is C26H24ClN7O3. The van der Waals surface area contributed by atoms with Crippen LogP contribution in [0.25, 0.3) is 11.8 Å². The second-order valence-corrected chi connectivity index (χ2v) is 9.30. The van der Waals surface area contributed by atoms with Crippen LogP contribution in [-0.2, 0) is 28.9 Å². The third kappa shape index (κ3) is 5.75. The highest BCUT2D eigenvalue weighted by Crippen LogP contribution is 2.27. The minimum atomic E-state index is -0.803. The molecule has 37 heavy (non-hydrogen) atoms.